The maximum Gasteiger partial charge on any atom is 0.305 e. The van der Waals surface area contributed by atoms with E-state index in [9.17, 15) is 35.1 Å². The van der Waals surface area contributed by atoms with Crippen LogP contribution in [0.3, 0.4) is 0 Å². The zero-order chi connectivity index (χ0) is 54.5. The molecule has 1 amide bonds. The van der Waals surface area contributed by atoms with Gasteiger partial charge in [0.1, 0.15) is 24.4 Å². The Balaban J connectivity index is 2.10. The number of amides is 1. The highest BCUT2D eigenvalue weighted by Crippen LogP contribution is 2.23. The van der Waals surface area contributed by atoms with E-state index in [2.05, 4.69) is 67.8 Å². The van der Waals surface area contributed by atoms with Crippen LogP contribution in [0.2, 0.25) is 0 Å². The summed E-state index contributed by atoms with van der Waals surface area (Å²) in [6, 6.07) is -0.836. The Kier molecular flexibility index (Phi) is 50.1. The predicted molar refractivity (Wildman–Crippen MR) is 310 cm³/mol. The Labute approximate surface area is 458 Å². The fraction of sp³-hybridized carbons (Fsp3) is 0.812. The minimum absolute atomic E-state index is 0.0170. The maximum absolute atomic E-state index is 13.0. The van der Waals surface area contributed by atoms with Crippen molar-refractivity contribution in [2.24, 2.45) is 0 Å². The first-order valence-corrected chi connectivity index (χ1v) is 31.1. The highest BCUT2D eigenvalue weighted by Gasteiger charge is 2.44. The molecule has 436 valence electrons. The molecule has 1 aliphatic rings. The molecule has 0 radical (unpaired) electrons. The van der Waals surface area contributed by atoms with Crippen LogP contribution in [0.4, 0.5) is 0 Å². The van der Waals surface area contributed by atoms with Gasteiger partial charge in [-0.1, -0.05) is 222 Å². The number of unbranched alkanes of at least 4 members (excludes halogenated alkanes) is 31. The van der Waals surface area contributed by atoms with E-state index in [1.807, 2.05) is 6.08 Å². The second kappa shape index (κ2) is 53.4. The average molecular weight is 1060 g/mol. The van der Waals surface area contributed by atoms with Gasteiger partial charge in [0.2, 0.25) is 5.91 Å². The molecular weight excluding hydrogens is 943 g/mol. The van der Waals surface area contributed by atoms with Crippen molar-refractivity contribution in [1.82, 2.24) is 5.32 Å². The van der Waals surface area contributed by atoms with Gasteiger partial charge in [-0.3, -0.25) is 9.59 Å². The van der Waals surface area contributed by atoms with E-state index in [4.69, 9.17) is 14.2 Å². The standard InChI is InChI=1S/C64H115NO10/c1-3-5-7-9-11-13-15-27-31-34-38-42-46-50-57(67)56(55-74-64-63(72)62(71)61(70)58(54-66)75-64)65-59(68)51-47-43-39-35-32-28-25-23-21-19-17-16-18-20-22-24-26-29-33-37-41-45-49-53-73-60(69)52-48-44-40-36-30-14-12-10-8-6-4-2/h10,12,16,18-19,21,31,34,46,50,56-58,61-64,66-67,70-72H,3-9,11,13-15,17,20,22-30,32-33,35-45,47-49,51-55H2,1-2H3,(H,65,68)/b12-10-,18-16-,21-19-,34-31+,50-46+. The van der Waals surface area contributed by atoms with Gasteiger partial charge in [-0.05, 0) is 96.3 Å². The maximum atomic E-state index is 13.0. The van der Waals surface area contributed by atoms with E-state index in [-0.39, 0.29) is 18.5 Å². The molecule has 1 saturated heterocycles. The fourth-order valence-electron chi connectivity index (χ4n) is 9.34. The van der Waals surface area contributed by atoms with E-state index in [0.29, 0.717) is 19.4 Å². The second-order valence-corrected chi connectivity index (χ2v) is 21.4. The van der Waals surface area contributed by atoms with Crippen molar-refractivity contribution in [2.45, 2.75) is 314 Å². The minimum Gasteiger partial charge on any atom is -0.466 e. The van der Waals surface area contributed by atoms with Crippen molar-refractivity contribution >= 4 is 11.9 Å². The normalized spacial score (nSPS) is 19.2. The molecule has 1 aliphatic heterocycles. The summed E-state index contributed by atoms with van der Waals surface area (Å²) in [6.45, 7) is 4.26. The van der Waals surface area contributed by atoms with Gasteiger partial charge in [-0.15, -0.1) is 0 Å². The molecule has 1 fully saturated rings. The number of esters is 1. The van der Waals surface area contributed by atoms with Crippen molar-refractivity contribution in [3.8, 4) is 0 Å². The largest absolute Gasteiger partial charge is 0.466 e. The first kappa shape index (κ1) is 70.4. The molecule has 11 heteroatoms. The number of rotatable bonds is 53. The van der Waals surface area contributed by atoms with E-state index in [0.717, 1.165) is 89.9 Å². The molecule has 11 nitrogen and oxygen atoms in total. The summed E-state index contributed by atoms with van der Waals surface area (Å²) < 4.78 is 16.7. The van der Waals surface area contributed by atoms with Crippen LogP contribution in [-0.4, -0.2) is 100 Å². The third-order valence-electron chi connectivity index (χ3n) is 14.3. The van der Waals surface area contributed by atoms with Crippen LogP contribution in [0, 0.1) is 0 Å². The second-order valence-electron chi connectivity index (χ2n) is 21.4. The van der Waals surface area contributed by atoms with Gasteiger partial charge in [-0.25, -0.2) is 0 Å². The molecule has 7 unspecified atom stereocenters. The minimum atomic E-state index is -1.58. The molecule has 75 heavy (non-hydrogen) atoms. The molecule has 1 heterocycles. The third kappa shape index (κ3) is 43.0. The quantitative estimate of drug-likeness (QED) is 0.0195. The first-order valence-electron chi connectivity index (χ1n) is 31.1. The summed E-state index contributed by atoms with van der Waals surface area (Å²) in [5.41, 5.74) is 0. The van der Waals surface area contributed by atoms with Gasteiger partial charge in [0.15, 0.2) is 6.29 Å². The summed E-state index contributed by atoms with van der Waals surface area (Å²) in [5.74, 6) is -0.220. The topological polar surface area (TPSA) is 175 Å². The Bertz CT molecular complexity index is 1430. The van der Waals surface area contributed by atoms with Gasteiger partial charge in [0.05, 0.1) is 32.0 Å². The Hall–Kier alpha value is -2.64. The van der Waals surface area contributed by atoms with Gasteiger partial charge in [0, 0.05) is 12.8 Å². The number of allylic oxidation sites excluding steroid dienone is 9. The zero-order valence-corrected chi connectivity index (χ0v) is 48.0. The number of carbonyl (C=O) groups excluding carboxylic acids is 2. The van der Waals surface area contributed by atoms with Crippen LogP contribution in [0.15, 0.2) is 60.8 Å². The molecule has 0 spiro atoms. The van der Waals surface area contributed by atoms with E-state index < -0.39 is 49.5 Å². The van der Waals surface area contributed by atoms with Gasteiger partial charge in [0.25, 0.3) is 0 Å². The fourth-order valence-corrected chi connectivity index (χ4v) is 9.34. The third-order valence-corrected chi connectivity index (χ3v) is 14.3. The lowest BCUT2D eigenvalue weighted by Gasteiger charge is -2.40. The summed E-state index contributed by atoms with van der Waals surface area (Å²) in [6.07, 6.45) is 58.9. The molecule has 0 aliphatic carbocycles. The Morgan fingerprint density at radius 1 is 0.493 bits per heavy atom. The van der Waals surface area contributed by atoms with Crippen molar-refractivity contribution in [1.29, 1.82) is 0 Å². The highest BCUT2D eigenvalue weighted by atomic mass is 16.7. The molecule has 7 atom stereocenters. The van der Waals surface area contributed by atoms with E-state index >= 15 is 0 Å². The average Bonchev–Trinajstić information content (AvgIpc) is 3.41. The molecule has 0 aromatic rings. The molecule has 0 aromatic carbocycles. The number of carbonyl (C=O) groups is 2. The number of aliphatic hydroxyl groups excluding tert-OH is 5. The van der Waals surface area contributed by atoms with Crippen LogP contribution in [0.25, 0.3) is 0 Å². The number of hydrogen-bond acceptors (Lipinski definition) is 10. The molecule has 0 aromatic heterocycles. The number of ether oxygens (including phenoxy) is 3. The molecule has 0 bridgehead atoms. The zero-order valence-electron chi connectivity index (χ0n) is 48.0. The molecule has 0 saturated carbocycles. The Morgan fingerprint density at radius 3 is 1.44 bits per heavy atom. The summed E-state index contributed by atoms with van der Waals surface area (Å²) in [4.78, 5) is 25.0. The van der Waals surface area contributed by atoms with Gasteiger partial charge >= 0.3 is 5.97 Å². The summed E-state index contributed by atoms with van der Waals surface area (Å²) >= 11 is 0. The molecule has 1 rings (SSSR count). The highest BCUT2D eigenvalue weighted by molar-refractivity contribution is 5.76. The lowest BCUT2D eigenvalue weighted by atomic mass is 9.99. The van der Waals surface area contributed by atoms with E-state index in [1.54, 1.807) is 6.08 Å². The number of hydrogen-bond donors (Lipinski definition) is 6. The van der Waals surface area contributed by atoms with Crippen molar-refractivity contribution in [3.63, 3.8) is 0 Å². The van der Waals surface area contributed by atoms with Gasteiger partial charge < -0.3 is 45.1 Å². The van der Waals surface area contributed by atoms with Crippen LogP contribution < -0.4 is 5.32 Å². The SMILES string of the molecule is CCCC/C=C\CCCCCCCC(=O)OCCCCCCCCCCC/C=C\C/C=C\CCCCCCCCCC(=O)NC(COC1OC(CO)C(O)C(O)C1O)C(O)/C=C/CC/C=C/CCCCCCCCC. The molecular formula is C64H115NO10. The summed E-state index contributed by atoms with van der Waals surface area (Å²) in [7, 11) is 0. The predicted octanol–water partition coefficient (Wildman–Crippen LogP) is 14.6. The van der Waals surface area contributed by atoms with Crippen LogP contribution >= 0.6 is 0 Å². The van der Waals surface area contributed by atoms with Crippen LogP contribution in [0.1, 0.15) is 271 Å². The number of nitrogens with one attached hydrogen (secondary N) is 1. The van der Waals surface area contributed by atoms with Crippen LogP contribution in [-0.2, 0) is 23.8 Å². The molecule has 6 N–H and O–H groups in total. The monoisotopic (exact) mass is 1060 g/mol. The number of aliphatic hydroxyl groups is 5. The Morgan fingerprint density at radius 2 is 0.920 bits per heavy atom. The van der Waals surface area contributed by atoms with E-state index in [1.165, 1.54) is 154 Å². The lowest BCUT2D eigenvalue weighted by Crippen LogP contribution is -2.60. The summed E-state index contributed by atoms with van der Waals surface area (Å²) in [5, 5.41) is 54.4. The first-order chi connectivity index (χ1) is 36.7. The van der Waals surface area contributed by atoms with Crippen LogP contribution in [0.5, 0.6) is 0 Å². The smallest absolute Gasteiger partial charge is 0.305 e. The van der Waals surface area contributed by atoms with Crippen molar-refractivity contribution < 1.29 is 49.3 Å². The lowest BCUT2D eigenvalue weighted by molar-refractivity contribution is -0.302. The van der Waals surface area contributed by atoms with Crippen molar-refractivity contribution in [3.05, 3.63) is 60.8 Å². The van der Waals surface area contributed by atoms with Gasteiger partial charge in [-0.2, -0.15) is 0 Å². The van der Waals surface area contributed by atoms with Crippen molar-refractivity contribution in [2.75, 3.05) is 19.8 Å².